The first kappa shape index (κ1) is 21.0. The molecule has 1 heterocycles. The van der Waals surface area contributed by atoms with Gasteiger partial charge in [0.2, 0.25) is 0 Å². The summed E-state index contributed by atoms with van der Waals surface area (Å²) in [6.45, 7) is 2.40. The van der Waals surface area contributed by atoms with E-state index in [0.717, 1.165) is 15.6 Å². The maximum absolute atomic E-state index is 11.4. The lowest BCUT2D eigenvalue weighted by molar-refractivity contribution is 0.111. The van der Waals surface area contributed by atoms with Gasteiger partial charge < -0.3 is 9.47 Å². The molecule has 0 bridgehead atoms. The Hall–Kier alpha value is -2.77. The Morgan fingerprint density at radius 1 is 1.14 bits per heavy atom. The predicted octanol–water partition coefficient (Wildman–Crippen LogP) is 6.17. The van der Waals surface area contributed by atoms with Crippen LogP contribution in [0.2, 0.25) is 5.02 Å². The minimum Gasteiger partial charge on any atom is -0.488 e. The van der Waals surface area contributed by atoms with Crippen molar-refractivity contribution in [3.05, 3.63) is 85.4 Å². The molecule has 0 spiro atoms. The zero-order valence-electron chi connectivity index (χ0n) is 15.4. The summed E-state index contributed by atoms with van der Waals surface area (Å²) in [4.78, 5) is 26.0. The maximum atomic E-state index is 11.4. The van der Waals surface area contributed by atoms with Gasteiger partial charge in [0, 0.05) is 22.3 Å². The molecule has 0 amide bonds. The number of benzene rings is 2. The van der Waals surface area contributed by atoms with Gasteiger partial charge in [-0.05, 0) is 41.4 Å². The number of aromatic nitrogens is 1. The number of nitrogens with zero attached hydrogens (tertiary/aromatic N) is 2. The highest BCUT2D eigenvalue weighted by molar-refractivity contribution is 9.10. The number of aldehydes is 1. The summed E-state index contributed by atoms with van der Waals surface area (Å²) in [5, 5.41) is 3.15. The Bertz CT molecular complexity index is 1060. The van der Waals surface area contributed by atoms with Crippen molar-refractivity contribution < 1.29 is 14.3 Å². The molecule has 2 aromatic carbocycles. The van der Waals surface area contributed by atoms with Crippen molar-refractivity contribution in [1.82, 2.24) is 4.98 Å². The average Bonchev–Trinajstić information content (AvgIpc) is 2.74. The highest BCUT2D eigenvalue weighted by atomic mass is 79.9. The molecule has 0 N–H and O–H groups in total. The van der Waals surface area contributed by atoms with Crippen LogP contribution in [0.25, 0.3) is 0 Å². The minimum atomic E-state index is 0.100. The molecule has 6 nitrogen and oxygen atoms in total. The van der Waals surface area contributed by atoms with E-state index in [4.69, 9.17) is 21.1 Å². The van der Waals surface area contributed by atoms with E-state index >= 15 is 0 Å². The van der Waals surface area contributed by atoms with Crippen molar-refractivity contribution >= 4 is 39.5 Å². The molecule has 8 heteroatoms. The van der Waals surface area contributed by atoms with Crippen LogP contribution in [0.4, 0.5) is 5.69 Å². The van der Waals surface area contributed by atoms with Crippen LogP contribution >= 0.6 is 27.5 Å². The standard InChI is InChI=1S/C21H16BrClN2O4/c1-13-15(3-2-4-18(13)22)12-29-21-7-20(16(10-26)6-19(21)23)28-11-14-5-17(25-27)9-24-8-14/h2-10H,11-12H2,1H3. The van der Waals surface area contributed by atoms with Crippen LogP contribution in [0, 0.1) is 11.8 Å². The summed E-state index contributed by atoms with van der Waals surface area (Å²) in [5.41, 5.74) is 3.20. The number of nitroso groups, excluding NO2 is 1. The van der Waals surface area contributed by atoms with Crippen molar-refractivity contribution in [2.24, 2.45) is 5.18 Å². The fraction of sp³-hybridized carbons (Fsp3) is 0.143. The molecular formula is C21H16BrClN2O4. The second-order valence-corrected chi connectivity index (χ2v) is 7.44. The second kappa shape index (κ2) is 9.62. The largest absolute Gasteiger partial charge is 0.488 e. The molecule has 0 aliphatic rings. The summed E-state index contributed by atoms with van der Waals surface area (Å²) >= 11 is 9.77. The topological polar surface area (TPSA) is 77.8 Å². The highest BCUT2D eigenvalue weighted by Gasteiger charge is 2.12. The van der Waals surface area contributed by atoms with Crippen LogP contribution in [0.15, 0.2) is 58.4 Å². The molecule has 148 valence electrons. The smallest absolute Gasteiger partial charge is 0.153 e. The molecule has 3 aromatic rings. The fourth-order valence-corrected chi connectivity index (χ4v) is 3.24. The monoisotopic (exact) mass is 474 g/mol. The second-order valence-electron chi connectivity index (χ2n) is 6.18. The lowest BCUT2D eigenvalue weighted by Gasteiger charge is -2.14. The Kier molecular flexibility index (Phi) is 6.95. The number of halogens is 2. The molecule has 3 rings (SSSR count). The van der Waals surface area contributed by atoms with Gasteiger partial charge in [-0.15, -0.1) is 4.91 Å². The Labute approximate surface area is 180 Å². The first-order valence-electron chi connectivity index (χ1n) is 8.57. The number of carbonyl (C=O) groups excluding carboxylic acids is 1. The van der Waals surface area contributed by atoms with Gasteiger partial charge in [-0.2, -0.15) is 0 Å². The molecule has 0 aliphatic heterocycles. The number of ether oxygens (including phenoxy) is 2. The van der Waals surface area contributed by atoms with Crippen LogP contribution < -0.4 is 9.47 Å². The van der Waals surface area contributed by atoms with Crippen LogP contribution in [0.3, 0.4) is 0 Å². The summed E-state index contributed by atoms with van der Waals surface area (Å²) in [7, 11) is 0. The van der Waals surface area contributed by atoms with E-state index in [0.29, 0.717) is 40.5 Å². The van der Waals surface area contributed by atoms with Gasteiger partial charge in [-0.3, -0.25) is 9.78 Å². The molecule has 0 radical (unpaired) electrons. The van der Waals surface area contributed by atoms with Crippen LogP contribution in [0.5, 0.6) is 11.5 Å². The Morgan fingerprint density at radius 2 is 1.93 bits per heavy atom. The lowest BCUT2D eigenvalue weighted by Crippen LogP contribution is -2.02. The van der Waals surface area contributed by atoms with Crippen molar-refractivity contribution in [2.45, 2.75) is 20.1 Å². The SMILES string of the molecule is Cc1c(Br)cccc1COc1cc(OCc2cncc(N=O)c2)c(C=O)cc1Cl. The van der Waals surface area contributed by atoms with E-state index in [2.05, 4.69) is 26.1 Å². The average molecular weight is 476 g/mol. The summed E-state index contributed by atoms with van der Waals surface area (Å²) in [6, 6.07) is 10.5. The fourth-order valence-electron chi connectivity index (χ4n) is 2.61. The number of hydrogen-bond donors (Lipinski definition) is 0. The highest BCUT2D eigenvalue weighted by Crippen LogP contribution is 2.33. The van der Waals surface area contributed by atoms with Gasteiger partial charge in [0.25, 0.3) is 0 Å². The third-order valence-electron chi connectivity index (χ3n) is 4.23. The number of hydrogen-bond acceptors (Lipinski definition) is 6. The first-order valence-corrected chi connectivity index (χ1v) is 9.74. The summed E-state index contributed by atoms with van der Waals surface area (Å²) < 4.78 is 12.6. The molecule has 0 unspecified atom stereocenters. The lowest BCUT2D eigenvalue weighted by atomic mass is 10.1. The zero-order valence-corrected chi connectivity index (χ0v) is 17.7. The van der Waals surface area contributed by atoms with E-state index in [9.17, 15) is 9.70 Å². The van der Waals surface area contributed by atoms with Crippen molar-refractivity contribution in [3.8, 4) is 11.5 Å². The van der Waals surface area contributed by atoms with Crippen molar-refractivity contribution in [2.75, 3.05) is 0 Å². The van der Waals surface area contributed by atoms with Gasteiger partial charge in [0.15, 0.2) is 6.29 Å². The third-order valence-corrected chi connectivity index (χ3v) is 5.39. The van der Waals surface area contributed by atoms with Crippen LogP contribution in [-0.4, -0.2) is 11.3 Å². The minimum absolute atomic E-state index is 0.100. The molecule has 0 saturated heterocycles. The number of pyridine rings is 1. The van der Waals surface area contributed by atoms with Crippen molar-refractivity contribution in [3.63, 3.8) is 0 Å². The third kappa shape index (κ3) is 5.19. The van der Waals surface area contributed by atoms with Gasteiger partial charge >= 0.3 is 0 Å². The molecule has 0 aliphatic carbocycles. The van der Waals surface area contributed by atoms with Gasteiger partial charge in [-0.25, -0.2) is 0 Å². The number of rotatable bonds is 8. The predicted molar refractivity (Wildman–Crippen MR) is 114 cm³/mol. The zero-order chi connectivity index (χ0) is 20.8. The van der Waals surface area contributed by atoms with Crippen molar-refractivity contribution in [1.29, 1.82) is 0 Å². The normalized spacial score (nSPS) is 10.4. The van der Waals surface area contributed by atoms with E-state index in [-0.39, 0.29) is 12.3 Å². The van der Waals surface area contributed by atoms with E-state index in [1.54, 1.807) is 18.3 Å². The van der Waals surface area contributed by atoms with Gasteiger partial charge in [-0.1, -0.05) is 39.7 Å². The Morgan fingerprint density at radius 3 is 2.69 bits per heavy atom. The first-order chi connectivity index (χ1) is 14.0. The summed E-state index contributed by atoms with van der Waals surface area (Å²) in [5.74, 6) is 0.711. The number of carbonyl (C=O) groups is 1. The van der Waals surface area contributed by atoms with E-state index in [1.807, 2.05) is 25.1 Å². The summed E-state index contributed by atoms with van der Waals surface area (Å²) in [6.07, 6.45) is 3.56. The molecule has 0 saturated carbocycles. The molecule has 29 heavy (non-hydrogen) atoms. The van der Waals surface area contributed by atoms with Gasteiger partial charge in [0.1, 0.15) is 30.4 Å². The quantitative estimate of drug-likeness (QED) is 0.287. The van der Waals surface area contributed by atoms with Crippen LogP contribution in [0.1, 0.15) is 27.0 Å². The molecular weight excluding hydrogens is 460 g/mol. The molecule has 1 aromatic heterocycles. The van der Waals surface area contributed by atoms with E-state index in [1.165, 1.54) is 12.3 Å². The maximum Gasteiger partial charge on any atom is 0.153 e. The Balaban J connectivity index is 1.79. The van der Waals surface area contributed by atoms with Crippen LogP contribution in [-0.2, 0) is 13.2 Å². The molecule has 0 fully saturated rings. The molecule has 0 atom stereocenters. The van der Waals surface area contributed by atoms with Gasteiger partial charge in [0.05, 0.1) is 16.8 Å². The van der Waals surface area contributed by atoms with E-state index < -0.39 is 0 Å².